The van der Waals surface area contributed by atoms with E-state index >= 15 is 0 Å². The summed E-state index contributed by atoms with van der Waals surface area (Å²) < 4.78 is 47.9. The van der Waals surface area contributed by atoms with Gasteiger partial charge in [-0.3, -0.25) is 4.79 Å². The molecule has 0 aliphatic carbocycles. The summed E-state index contributed by atoms with van der Waals surface area (Å²) in [6.45, 7) is 15.8. The molecule has 0 aromatic rings. The topological polar surface area (TPSA) is 100 Å². The van der Waals surface area contributed by atoms with Gasteiger partial charge in [-0.15, -0.1) is 0 Å². The fourth-order valence-corrected chi connectivity index (χ4v) is 2.24. The van der Waals surface area contributed by atoms with Crippen LogP contribution in [0, 0.1) is 11.3 Å². The normalized spacial score (nSPS) is 12.7. The van der Waals surface area contributed by atoms with E-state index in [2.05, 4.69) is 0 Å². The molecule has 1 atom stereocenters. The molecule has 0 amide bonds. The zero-order chi connectivity index (χ0) is 25.3. The molecule has 0 aromatic carbocycles. The molecular formula is C24H48O10. The van der Waals surface area contributed by atoms with E-state index in [1.54, 1.807) is 7.11 Å². The number of ether oxygens (including phenoxy) is 9. The van der Waals surface area contributed by atoms with E-state index in [0.29, 0.717) is 99.1 Å². The molecule has 0 aromatic heterocycles. The van der Waals surface area contributed by atoms with Crippen LogP contribution >= 0.6 is 0 Å². The van der Waals surface area contributed by atoms with Gasteiger partial charge in [-0.25, -0.2) is 0 Å². The lowest BCUT2D eigenvalue weighted by Crippen LogP contribution is -2.28. The minimum Gasteiger partial charge on any atom is -0.463 e. The van der Waals surface area contributed by atoms with Gasteiger partial charge >= 0.3 is 5.97 Å². The molecular weight excluding hydrogens is 448 g/mol. The number of carbonyl (C=O) groups excluding carboxylic acids is 1. The predicted octanol–water partition coefficient (Wildman–Crippen LogP) is 1.97. The number of hydrogen-bond donors (Lipinski definition) is 0. The average molecular weight is 497 g/mol. The van der Waals surface area contributed by atoms with Crippen molar-refractivity contribution < 1.29 is 47.4 Å². The van der Waals surface area contributed by atoms with Crippen LogP contribution < -0.4 is 0 Å². The second-order valence-electron chi connectivity index (χ2n) is 8.53. The lowest BCUT2D eigenvalue weighted by atomic mass is 9.82. The standard InChI is InChI=1S/C24H48O10/c1-22(24(2,3)4)23(25)34-21-20-33-19-18-32-17-16-31-15-14-30-13-12-29-11-10-28-9-8-27-7-6-26-5/h22H,6-21H2,1-5H3. The summed E-state index contributed by atoms with van der Waals surface area (Å²) in [5.41, 5.74) is -0.106. The fraction of sp³-hybridized carbons (Fsp3) is 0.958. The van der Waals surface area contributed by atoms with Gasteiger partial charge in [0.2, 0.25) is 0 Å². The van der Waals surface area contributed by atoms with Gasteiger partial charge < -0.3 is 42.6 Å². The molecule has 0 fully saturated rings. The number of esters is 1. The molecule has 0 aliphatic rings. The maximum Gasteiger partial charge on any atom is 0.309 e. The second-order valence-corrected chi connectivity index (χ2v) is 8.53. The smallest absolute Gasteiger partial charge is 0.309 e. The van der Waals surface area contributed by atoms with Crippen LogP contribution in [0.5, 0.6) is 0 Å². The average Bonchev–Trinajstić information content (AvgIpc) is 2.80. The molecule has 0 bridgehead atoms. The van der Waals surface area contributed by atoms with Crippen molar-refractivity contribution in [2.45, 2.75) is 27.7 Å². The number of carbonyl (C=O) groups is 1. The lowest BCUT2D eigenvalue weighted by Gasteiger charge is -2.25. The van der Waals surface area contributed by atoms with Gasteiger partial charge in [0.05, 0.1) is 105 Å². The van der Waals surface area contributed by atoms with Crippen molar-refractivity contribution in [1.82, 2.24) is 0 Å². The van der Waals surface area contributed by atoms with E-state index in [0.717, 1.165) is 0 Å². The van der Waals surface area contributed by atoms with Gasteiger partial charge in [0.25, 0.3) is 0 Å². The minimum atomic E-state index is -0.192. The van der Waals surface area contributed by atoms with Crippen LogP contribution in [0.15, 0.2) is 0 Å². The highest BCUT2D eigenvalue weighted by Gasteiger charge is 2.27. The number of methoxy groups -OCH3 is 1. The van der Waals surface area contributed by atoms with Gasteiger partial charge in [-0.05, 0) is 5.41 Å². The number of rotatable bonds is 25. The van der Waals surface area contributed by atoms with Crippen molar-refractivity contribution in [3.8, 4) is 0 Å². The molecule has 204 valence electrons. The molecule has 10 heteroatoms. The van der Waals surface area contributed by atoms with Crippen molar-refractivity contribution in [2.75, 3.05) is 113 Å². The molecule has 0 aliphatic heterocycles. The Hall–Kier alpha value is -0.850. The molecule has 0 radical (unpaired) electrons. The second kappa shape index (κ2) is 23.9. The Bertz CT molecular complexity index is 442. The van der Waals surface area contributed by atoms with Crippen molar-refractivity contribution in [1.29, 1.82) is 0 Å². The highest BCUT2D eigenvalue weighted by molar-refractivity contribution is 5.72. The van der Waals surface area contributed by atoms with Crippen LogP contribution in [-0.2, 0) is 47.4 Å². The summed E-state index contributed by atoms with van der Waals surface area (Å²) in [5, 5.41) is 0. The summed E-state index contributed by atoms with van der Waals surface area (Å²) >= 11 is 0. The van der Waals surface area contributed by atoms with Gasteiger partial charge in [0, 0.05) is 7.11 Å². The largest absolute Gasteiger partial charge is 0.463 e. The first-order valence-corrected chi connectivity index (χ1v) is 12.1. The van der Waals surface area contributed by atoms with Crippen LogP contribution in [-0.4, -0.2) is 119 Å². The van der Waals surface area contributed by atoms with Crippen LogP contribution in [0.2, 0.25) is 0 Å². The van der Waals surface area contributed by atoms with Gasteiger partial charge in [-0.2, -0.15) is 0 Å². The van der Waals surface area contributed by atoms with E-state index < -0.39 is 0 Å². The van der Waals surface area contributed by atoms with Crippen LogP contribution in [0.3, 0.4) is 0 Å². The first-order chi connectivity index (χ1) is 16.4. The van der Waals surface area contributed by atoms with Crippen LogP contribution in [0.1, 0.15) is 27.7 Å². The molecule has 0 rings (SSSR count). The number of hydrogen-bond acceptors (Lipinski definition) is 10. The summed E-state index contributed by atoms with van der Waals surface area (Å²) in [5.74, 6) is -0.343. The lowest BCUT2D eigenvalue weighted by molar-refractivity contribution is -0.153. The Balaban J connectivity index is 3.16. The highest BCUT2D eigenvalue weighted by Crippen LogP contribution is 2.26. The van der Waals surface area contributed by atoms with Crippen LogP contribution in [0.25, 0.3) is 0 Å². The molecule has 34 heavy (non-hydrogen) atoms. The zero-order valence-electron chi connectivity index (χ0n) is 22.0. The maximum absolute atomic E-state index is 11.9. The van der Waals surface area contributed by atoms with E-state index in [1.807, 2.05) is 27.7 Å². The quantitative estimate of drug-likeness (QED) is 0.138. The zero-order valence-corrected chi connectivity index (χ0v) is 22.0. The van der Waals surface area contributed by atoms with E-state index in [4.69, 9.17) is 42.6 Å². The van der Waals surface area contributed by atoms with Crippen LogP contribution in [0.4, 0.5) is 0 Å². The summed E-state index contributed by atoms with van der Waals surface area (Å²) in [4.78, 5) is 11.9. The Kier molecular flexibility index (Phi) is 23.3. The predicted molar refractivity (Wildman–Crippen MR) is 127 cm³/mol. The van der Waals surface area contributed by atoms with Crippen molar-refractivity contribution >= 4 is 5.97 Å². The van der Waals surface area contributed by atoms with Gasteiger partial charge in [0.1, 0.15) is 6.61 Å². The van der Waals surface area contributed by atoms with E-state index in [-0.39, 0.29) is 23.9 Å². The van der Waals surface area contributed by atoms with Crippen molar-refractivity contribution in [3.63, 3.8) is 0 Å². The maximum atomic E-state index is 11.9. The molecule has 10 nitrogen and oxygen atoms in total. The Labute approximate surface area is 205 Å². The fourth-order valence-electron chi connectivity index (χ4n) is 2.24. The van der Waals surface area contributed by atoms with Crippen molar-refractivity contribution in [3.05, 3.63) is 0 Å². The molecule has 0 N–H and O–H groups in total. The highest BCUT2D eigenvalue weighted by atomic mass is 16.6. The molecule has 1 unspecified atom stereocenters. The third kappa shape index (κ3) is 22.9. The third-order valence-corrected chi connectivity index (χ3v) is 4.79. The van der Waals surface area contributed by atoms with Gasteiger partial charge in [0.15, 0.2) is 0 Å². The SMILES string of the molecule is COCCOCCOCCOCCOCCOCCOCCOCCOC(=O)C(C)C(C)(C)C. The molecule has 0 spiro atoms. The van der Waals surface area contributed by atoms with Crippen molar-refractivity contribution in [2.24, 2.45) is 11.3 Å². The Morgan fingerprint density at radius 2 is 0.794 bits per heavy atom. The first-order valence-electron chi connectivity index (χ1n) is 12.1. The Morgan fingerprint density at radius 3 is 1.06 bits per heavy atom. The molecule has 0 saturated carbocycles. The summed E-state index contributed by atoms with van der Waals surface area (Å²) in [6.07, 6.45) is 0. The van der Waals surface area contributed by atoms with Gasteiger partial charge in [-0.1, -0.05) is 27.7 Å². The summed E-state index contributed by atoms with van der Waals surface area (Å²) in [7, 11) is 1.64. The third-order valence-electron chi connectivity index (χ3n) is 4.79. The first kappa shape index (κ1) is 33.1. The monoisotopic (exact) mass is 496 g/mol. The minimum absolute atomic E-state index is 0.106. The molecule has 0 saturated heterocycles. The Morgan fingerprint density at radius 1 is 0.529 bits per heavy atom. The van der Waals surface area contributed by atoms with E-state index in [9.17, 15) is 4.79 Å². The van der Waals surface area contributed by atoms with E-state index in [1.165, 1.54) is 0 Å². The molecule has 0 heterocycles. The summed E-state index contributed by atoms with van der Waals surface area (Å²) in [6, 6.07) is 0.